The van der Waals surface area contributed by atoms with Gasteiger partial charge in [-0.3, -0.25) is 0 Å². The number of hydrogen-bond donors (Lipinski definition) is 2. The maximum absolute atomic E-state index is 5.80. The first-order valence-electron chi connectivity index (χ1n) is 6.16. The third kappa shape index (κ3) is 4.03. The molecule has 1 saturated carbocycles. The summed E-state index contributed by atoms with van der Waals surface area (Å²) < 4.78 is 6.95. The molecule has 2 rings (SSSR count). The fourth-order valence-corrected chi connectivity index (χ4v) is 2.87. The van der Waals surface area contributed by atoms with E-state index in [1.807, 2.05) is 18.2 Å². The molecule has 17 heavy (non-hydrogen) atoms. The van der Waals surface area contributed by atoms with Gasteiger partial charge < -0.3 is 15.8 Å². The molecule has 3 nitrogen and oxygen atoms in total. The van der Waals surface area contributed by atoms with Crippen LogP contribution in [0.25, 0.3) is 0 Å². The van der Waals surface area contributed by atoms with E-state index < -0.39 is 0 Å². The third-order valence-electron chi connectivity index (χ3n) is 3.07. The predicted octanol–water partition coefficient (Wildman–Crippen LogP) is 3.24. The predicted molar refractivity (Wildman–Crippen MR) is 80.3 cm³/mol. The van der Waals surface area contributed by atoms with Gasteiger partial charge in [0, 0.05) is 21.5 Å². The standard InChI is InChI=1S/C13H19IN2O/c14-12-9-10(15)5-6-13(12)16-7-8-17-11-3-1-2-4-11/h5-6,9,11,16H,1-4,7-8,15H2. The molecular weight excluding hydrogens is 327 g/mol. The molecule has 1 fully saturated rings. The molecule has 1 aliphatic carbocycles. The zero-order chi connectivity index (χ0) is 12.1. The van der Waals surface area contributed by atoms with Crippen molar-refractivity contribution >= 4 is 34.0 Å². The van der Waals surface area contributed by atoms with Crippen molar-refractivity contribution in [3.05, 3.63) is 21.8 Å². The number of nitrogen functional groups attached to an aromatic ring is 1. The highest BCUT2D eigenvalue weighted by atomic mass is 127. The van der Waals surface area contributed by atoms with Gasteiger partial charge in [-0.1, -0.05) is 12.8 Å². The molecule has 0 atom stereocenters. The van der Waals surface area contributed by atoms with Crippen LogP contribution in [-0.4, -0.2) is 19.3 Å². The molecule has 1 aromatic carbocycles. The smallest absolute Gasteiger partial charge is 0.0642 e. The fraction of sp³-hybridized carbons (Fsp3) is 0.538. The number of anilines is 2. The van der Waals surface area contributed by atoms with Crippen molar-refractivity contribution in [2.24, 2.45) is 0 Å². The van der Waals surface area contributed by atoms with Gasteiger partial charge in [-0.25, -0.2) is 0 Å². The zero-order valence-electron chi connectivity index (χ0n) is 9.92. The Balaban J connectivity index is 1.70. The monoisotopic (exact) mass is 346 g/mol. The zero-order valence-corrected chi connectivity index (χ0v) is 12.1. The van der Waals surface area contributed by atoms with Gasteiger partial charge in [0.1, 0.15) is 0 Å². The molecule has 0 radical (unpaired) electrons. The van der Waals surface area contributed by atoms with Crippen molar-refractivity contribution in [3.8, 4) is 0 Å². The Hall–Kier alpha value is -0.490. The summed E-state index contributed by atoms with van der Waals surface area (Å²) in [7, 11) is 0. The lowest BCUT2D eigenvalue weighted by Gasteiger charge is -2.13. The highest BCUT2D eigenvalue weighted by Gasteiger charge is 2.14. The lowest BCUT2D eigenvalue weighted by Crippen LogP contribution is -2.15. The number of nitrogens with two attached hydrogens (primary N) is 1. The second kappa shape index (κ2) is 6.44. The normalized spacial score (nSPS) is 16.3. The number of rotatable bonds is 5. The maximum Gasteiger partial charge on any atom is 0.0642 e. The molecule has 1 aliphatic rings. The van der Waals surface area contributed by atoms with Crippen molar-refractivity contribution in [2.45, 2.75) is 31.8 Å². The van der Waals surface area contributed by atoms with Crippen molar-refractivity contribution in [1.82, 2.24) is 0 Å². The highest BCUT2D eigenvalue weighted by Crippen LogP contribution is 2.22. The number of nitrogens with one attached hydrogen (secondary N) is 1. The first-order valence-corrected chi connectivity index (χ1v) is 7.24. The van der Waals surface area contributed by atoms with Gasteiger partial charge in [-0.05, 0) is 53.6 Å². The summed E-state index contributed by atoms with van der Waals surface area (Å²) in [6, 6.07) is 5.91. The molecule has 0 aliphatic heterocycles. The average molecular weight is 346 g/mol. The molecule has 1 aromatic rings. The summed E-state index contributed by atoms with van der Waals surface area (Å²) in [5.74, 6) is 0. The van der Waals surface area contributed by atoms with Crippen LogP contribution in [0.1, 0.15) is 25.7 Å². The molecule has 0 saturated heterocycles. The molecule has 3 N–H and O–H groups in total. The van der Waals surface area contributed by atoms with E-state index in [4.69, 9.17) is 10.5 Å². The Bertz CT molecular complexity index is 364. The summed E-state index contributed by atoms with van der Waals surface area (Å²) in [5.41, 5.74) is 7.65. The van der Waals surface area contributed by atoms with E-state index in [9.17, 15) is 0 Å². The Morgan fingerprint density at radius 1 is 1.35 bits per heavy atom. The van der Waals surface area contributed by atoms with Gasteiger partial charge in [0.25, 0.3) is 0 Å². The summed E-state index contributed by atoms with van der Waals surface area (Å²) in [5, 5.41) is 3.38. The average Bonchev–Trinajstić information content (AvgIpc) is 2.79. The minimum atomic E-state index is 0.502. The van der Waals surface area contributed by atoms with E-state index in [0.29, 0.717) is 6.10 Å². The summed E-state index contributed by atoms with van der Waals surface area (Å²) in [6.07, 6.45) is 5.63. The second-order valence-corrected chi connectivity index (χ2v) is 5.61. The van der Waals surface area contributed by atoms with Crippen LogP contribution in [0.5, 0.6) is 0 Å². The van der Waals surface area contributed by atoms with E-state index in [-0.39, 0.29) is 0 Å². The Morgan fingerprint density at radius 3 is 2.82 bits per heavy atom. The number of hydrogen-bond acceptors (Lipinski definition) is 3. The molecule has 0 amide bonds. The van der Waals surface area contributed by atoms with E-state index in [1.165, 1.54) is 25.7 Å². The Kier molecular flexibility index (Phi) is 4.91. The number of ether oxygens (including phenoxy) is 1. The van der Waals surface area contributed by atoms with Gasteiger partial charge in [0.15, 0.2) is 0 Å². The van der Waals surface area contributed by atoms with Gasteiger partial charge in [0.2, 0.25) is 0 Å². The van der Waals surface area contributed by atoms with Gasteiger partial charge in [0.05, 0.1) is 12.7 Å². The highest BCUT2D eigenvalue weighted by molar-refractivity contribution is 14.1. The second-order valence-electron chi connectivity index (χ2n) is 4.44. The SMILES string of the molecule is Nc1ccc(NCCOC2CCCC2)c(I)c1. The molecule has 0 bridgehead atoms. The van der Waals surface area contributed by atoms with E-state index >= 15 is 0 Å². The van der Waals surface area contributed by atoms with E-state index in [0.717, 1.165) is 28.1 Å². The largest absolute Gasteiger partial charge is 0.399 e. The van der Waals surface area contributed by atoms with Crippen molar-refractivity contribution < 1.29 is 4.74 Å². The quantitative estimate of drug-likeness (QED) is 0.489. The summed E-state index contributed by atoms with van der Waals surface area (Å²) in [6.45, 7) is 1.64. The van der Waals surface area contributed by atoms with Crippen molar-refractivity contribution in [1.29, 1.82) is 0 Å². The minimum Gasteiger partial charge on any atom is -0.399 e. The number of halogens is 1. The van der Waals surface area contributed by atoms with E-state index in [1.54, 1.807) is 0 Å². The van der Waals surface area contributed by atoms with Crippen LogP contribution in [0.15, 0.2) is 18.2 Å². The lowest BCUT2D eigenvalue weighted by atomic mass is 10.3. The van der Waals surface area contributed by atoms with Crippen LogP contribution in [0.2, 0.25) is 0 Å². The van der Waals surface area contributed by atoms with Crippen LogP contribution in [0, 0.1) is 3.57 Å². The molecule has 0 aromatic heterocycles. The molecule has 0 heterocycles. The van der Waals surface area contributed by atoms with Crippen LogP contribution >= 0.6 is 22.6 Å². The first-order chi connectivity index (χ1) is 8.25. The molecular formula is C13H19IN2O. The third-order valence-corrected chi connectivity index (χ3v) is 3.96. The molecule has 4 heteroatoms. The van der Waals surface area contributed by atoms with Crippen molar-refractivity contribution in [3.63, 3.8) is 0 Å². The van der Waals surface area contributed by atoms with Crippen LogP contribution in [-0.2, 0) is 4.74 Å². The summed E-state index contributed by atoms with van der Waals surface area (Å²) >= 11 is 2.29. The Morgan fingerprint density at radius 2 is 2.12 bits per heavy atom. The Labute approximate surface area is 116 Å². The fourth-order valence-electron chi connectivity index (χ4n) is 2.14. The van der Waals surface area contributed by atoms with Crippen LogP contribution < -0.4 is 11.1 Å². The van der Waals surface area contributed by atoms with Crippen LogP contribution in [0.4, 0.5) is 11.4 Å². The molecule has 0 unspecified atom stereocenters. The first kappa shape index (κ1) is 13.0. The van der Waals surface area contributed by atoms with Crippen molar-refractivity contribution in [2.75, 3.05) is 24.2 Å². The number of benzene rings is 1. The molecule has 94 valence electrons. The minimum absolute atomic E-state index is 0.502. The van der Waals surface area contributed by atoms with Gasteiger partial charge in [-0.15, -0.1) is 0 Å². The van der Waals surface area contributed by atoms with E-state index in [2.05, 4.69) is 27.9 Å². The lowest BCUT2D eigenvalue weighted by molar-refractivity contribution is 0.0659. The van der Waals surface area contributed by atoms with Gasteiger partial charge >= 0.3 is 0 Å². The maximum atomic E-state index is 5.80. The molecule has 0 spiro atoms. The summed E-state index contributed by atoms with van der Waals surface area (Å²) in [4.78, 5) is 0. The topological polar surface area (TPSA) is 47.3 Å². The van der Waals surface area contributed by atoms with Crippen LogP contribution in [0.3, 0.4) is 0 Å². The van der Waals surface area contributed by atoms with Gasteiger partial charge in [-0.2, -0.15) is 0 Å².